The van der Waals surface area contributed by atoms with Gasteiger partial charge in [-0.3, -0.25) is 9.59 Å². The monoisotopic (exact) mass is 297 g/mol. The Morgan fingerprint density at radius 2 is 1.55 bits per heavy atom. The van der Waals surface area contributed by atoms with Crippen molar-refractivity contribution in [2.45, 2.75) is 36.9 Å². The summed E-state index contributed by atoms with van der Waals surface area (Å²) in [7, 11) is 0. The van der Waals surface area contributed by atoms with Gasteiger partial charge in [0.2, 0.25) is 0 Å². The summed E-state index contributed by atoms with van der Waals surface area (Å²) < 4.78 is 4.46. The van der Waals surface area contributed by atoms with E-state index < -0.39 is 62.0 Å². The number of carboxylic acids is 1. The molecule has 20 heavy (non-hydrogen) atoms. The minimum absolute atomic E-state index is 0.625. The fourth-order valence-electron chi connectivity index (χ4n) is 1.17. The highest BCUT2D eigenvalue weighted by molar-refractivity contribution is 5.81. The predicted octanol–water partition coefficient (Wildman–Crippen LogP) is -4.23. The van der Waals surface area contributed by atoms with E-state index in [1.165, 1.54) is 0 Å². The van der Waals surface area contributed by atoms with Crippen LogP contribution in [0.5, 0.6) is 0 Å². The second-order valence-electron chi connectivity index (χ2n) is 4.13. The van der Waals surface area contributed by atoms with E-state index in [1.54, 1.807) is 0 Å². The fourth-order valence-corrected chi connectivity index (χ4v) is 1.17. The average molecular weight is 297 g/mol. The first-order valence-electron chi connectivity index (χ1n) is 5.67. The third-order valence-corrected chi connectivity index (χ3v) is 2.44. The standard InChI is InChI=1S/C10H19NO9/c11-4(10(18)19)1-7(15)20-3-6(14)9(17)8(16)5(13)2-12/h4-6,8-9,12-14,16-17H,1-3,11H2,(H,18,19)/t4-,5+,6-,8+,9+/m0/s1. The summed E-state index contributed by atoms with van der Waals surface area (Å²) in [5.41, 5.74) is 5.08. The molecule has 0 saturated carbocycles. The van der Waals surface area contributed by atoms with Crippen LogP contribution in [0.4, 0.5) is 0 Å². The van der Waals surface area contributed by atoms with Crippen molar-refractivity contribution >= 4 is 11.9 Å². The van der Waals surface area contributed by atoms with Crippen molar-refractivity contribution < 1.29 is 45.0 Å². The summed E-state index contributed by atoms with van der Waals surface area (Å²) in [6.45, 7) is -1.57. The summed E-state index contributed by atoms with van der Waals surface area (Å²) >= 11 is 0. The van der Waals surface area contributed by atoms with Gasteiger partial charge in [0.15, 0.2) is 0 Å². The molecular formula is C10H19NO9. The van der Waals surface area contributed by atoms with Gasteiger partial charge in [-0.1, -0.05) is 0 Å². The molecule has 0 radical (unpaired) electrons. The molecule has 0 saturated heterocycles. The van der Waals surface area contributed by atoms with Crippen molar-refractivity contribution in [3.05, 3.63) is 0 Å². The molecule has 0 heterocycles. The van der Waals surface area contributed by atoms with Crippen molar-refractivity contribution in [1.82, 2.24) is 0 Å². The number of carbonyl (C=O) groups excluding carboxylic acids is 1. The molecule has 5 atom stereocenters. The second-order valence-corrected chi connectivity index (χ2v) is 4.13. The average Bonchev–Trinajstić information content (AvgIpc) is 2.41. The molecule has 118 valence electrons. The van der Waals surface area contributed by atoms with E-state index in [2.05, 4.69) is 4.74 Å². The van der Waals surface area contributed by atoms with E-state index in [0.717, 1.165) is 0 Å². The second kappa shape index (κ2) is 8.79. The van der Waals surface area contributed by atoms with Crippen LogP contribution in [0.25, 0.3) is 0 Å². The molecule has 0 amide bonds. The third kappa shape index (κ3) is 6.23. The highest BCUT2D eigenvalue weighted by atomic mass is 16.5. The number of aliphatic hydroxyl groups is 5. The van der Waals surface area contributed by atoms with Gasteiger partial charge in [0, 0.05) is 0 Å². The molecule has 0 aromatic rings. The Morgan fingerprint density at radius 3 is 2.00 bits per heavy atom. The van der Waals surface area contributed by atoms with Gasteiger partial charge >= 0.3 is 11.9 Å². The number of aliphatic carboxylic acids is 1. The first-order valence-corrected chi connectivity index (χ1v) is 5.67. The molecule has 0 fully saturated rings. The first kappa shape index (κ1) is 18.7. The zero-order chi connectivity index (χ0) is 15.9. The molecule has 0 unspecified atom stereocenters. The van der Waals surface area contributed by atoms with Crippen LogP contribution in [-0.4, -0.2) is 86.2 Å². The number of rotatable bonds is 9. The minimum atomic E-state index is -1.86. The highest BCUT2D eigenvalue weighted by Crippen LogP contribution is 2.06. The Hall–Kier alpha value is -1.30. The molecule has 0 bridgehead atoms. The SMILES string of the molecule is N[C@@H](CC(=O)OC[C@H](O)[C@@H](O)[C@H](O)[C@H](O)CO)C(=O)O. The Balaban J connectivity index is 4.18. The Morgan fingerprint density at radius 1 is 1.05 bits per heavy atom. The molecule has 0 spiro atoms. The van der Waals surface area contributed by atoms with Crippen LogP contribution < -0.4 is 5.73 Å². The van der Waals surface area contributed by atoms with E-state index in [9.17, 15) is 24.9 Å². The molecule has 10 nitrogen and oxygen atoms in total. The largest absolute Gasteiger partial charge is 0.480 e. The Bertz CT molecular complexity index is 324. The van der Waals surface area contributed by atoms with Crippen LogP contribution >= 0.6 is 0 Å². The smallest absolute Gasteiger partial charge is 0.321 e. The lowest BCUT2D eigenvalue weighted by atomic mass is 10.0. The van der Waals surface area contributed by atoms with Gasteiger partial charge in [0.25, 0.3) is 0 Å². The van der Waals surface area contributed by atoms with Crippen LogP contribution in [0.2, 0.25) is 0 Å². The summed E-state index contributed by atoms with van der Waals surface area (Å²) in [6.07, 6.45) is -7.72. The zero-order valence-corrected chi connectivity index (χ0v) is 10.5. The molecule has 0 rings (SSSR count). The van der Waals surface area contributed by atoms with Gasteiger partial charge in [-0.25, -0.2) is 0 Å². The van der Waals surface area contributed by atoms with Gasteiger partial charge in [-0.2, -0.15) is 0 Å². The molecule has 0 aromatic carbocycles. The summed E-state index contributed by atoms with van der Waals surface area (Å²) in [4.78, 5) is 21.5. The topological polar surface area (TPSA) is 191 Å². The van der Waals surface area contributed by atoms with Gasteiger partial charge < -0.3 is 41.1 Å². The number of hydrogen-bond acceptors (Lipinski definition) is 9. The summed E-state index contributed by atoms with van der Waals surface area (Å²) in [6, 6.07) is -1.45. The number of carbonyl (C=O) groups is 2. The van der Waals surface area contributed by atoms with Crippen molar-refractivity contribution in [2.24, 2.45) is 5.73 Å². The lowest BCUT2D eigenvalue weighted by molar-refractivity contribution is -0.158. The minimum Gasteiger partial charge on any atom is -0.480 e. The van der Waals surface area contributed by atoms with Crippen LogP contribution in [0.1, 0.15) is 6.42 Å². The number of nitrogens with two attached hydrogens (primary N) is 1. The van der Waals surface area contributed by atoms with Crippen molar-refractivity contribution in [2.75, 3.05) is 13.2 Å². The predicted molar refractivity (Wildman–Crippen MR) is 62.3 cm³/mol. The fraction of sp³-hybridized carbons (Fsp3) is 0.800. The molecule has 0 aromatic heterocycles. The summed E-state index contributed by atoms with van der Waals surface area (Å²) in [5.74, 6) is -2.41. The van der Waals surface area contributed by atoms with Gasteiger partial charge in [0.1, 0.15) is 37.1 Å². The van der Waals surface area contributed by atoms with Crippen LogP contribution in [0, 0.1) is 0 Å². The molecule has 8 N–H and O–H groups in total. The van der Waals surface area contributed by atoms with Crippen molar-refractivity contribution in [3.63, 3.8) is 0 Å². The molecule has 0 aliphatic carbocycles. The maximum atomic E-state index is 11.1. The quantitative estimate of drug-likeness (QED) is 0.205. The molecule has 10 heteroatoms. The Labute approximate surface area is 114 Å². The van der Waals surface area contributed by atoms with Crippen molar-refractivity contribution in [1.29, 1.82) is 0 Å². The van der Waals surface area contributed by atoms with E-state index in [0.29, 0.717) is 0 Å². The van der Waals surface area contributed by atoms with Crippen molar-refractivity contribution in [3.8, 4) is 0 Å². The lowest BCUT2D eigenvalue weighted by Gasteiger charge is -2.25. The first-order chi connectivity index (χ1) is 9.20. The molecular weight excluding hydrogens is 278 g/mol. The number of hydrogen-bond donors (Lipinski definition) is 7. The number of esters is 1. The molecule has 0 aliphatic heterocycles. The number of carboxylic acid groups (broad SMARTS) is 1. The van der Waals surface area contributed by atoms with Gasteiger partial charge in [0.05, 0.1) is 13.0 Å². The van der Waals surface area contributed by atoms with Crippen LogP contribution in [0.15, 0.2) is 0 Å². The van der Waals surface area contributed by atoms with E-state index in [4.69, 9.17) is 21.1 Å². The van der Waals surface area contributed by atoms with E-state index in [-0.39, 0.29) is 0 Å². The Kier molecular flexibility index (Phi) is 8.22. The molecule has 0 aliphatic rings. The van der Waals surface area contributed by atoms with E-state index >= 15 is 0 Å². The zero-order valence-electron chi connectivity index (χ0n) is 10.5. The van der Waals surface area contributed by atoms with Gasteiger partial charge in [-0.05, 0) is 0 Å². The van der Waals surface area contributed by atoms with Crippen LogP contribution in [0.3, 0.4) is 0 Å². The number of ether oxygens (including phenoxy) is 1. The lowest BCUT2D eigenvalue weighted by Crippen LogP contribution is -2.47. The van der Waals surface area contributed by atoms with Crippen LogP contribution in [-0.2, 0) is 14.3 Å². The highest BCUT2D eigenvalue weighted by Gasteiger charge is 2.31. The normalized spacial score (nSPS) is 18.7. The van der Waals surface area contributed by atoms with Gasteiger partial charge in [-0.15, -0.1) is 0 Å². The maximum Gasteiger partial charge on any atom is 0.321 e. The third-order valence-electron chi connectivity index (χ3n) is 2.44. The summed E-state index contributed by atoms with van der Waals surface area (Å²) in [5, 5.41) is 54.1. The number of aliphatic hydroxyl groups excluding tert-OH is 5. The maximum absolute atomic E-state index is 11.1. The van der Waals surface area contributed by atoms with E-state index in [1.807, 2.05) is 0 Å².